The maximum atomic E-state index is 12.5. The van der Waals surface area contributed by atoms with Crippen LogP contribution in [0.3, 0.4) is 0 Å². The number of nitrogens with two attached hydrogens (primary N) is 2. The third-order valence-electron chi connectivity index (χ3n) is 7.52. The van der Waals surface area contributed by atoms with Gasteiger partial charge < -0.3 is 20.9 Å². The molecule has 270 valence electrons. The van der Waals surface area contributed by atoms with Gasteiger partial charge >= 0.3 is 11.9 Å². The van der Waals surface area contributed by atoms with Gasteiger partial charge in [-0.15, -0.1) is 20.5 Å². The summed E-state index contributed by atoms with van der Waals surface area (Å²) < 4.78 is 15.0. The van der Waals surface area contributed by atoms with Crippen molar-refractivity contribution in [1.82, 2.24) is 69.0 Å². The first-order chi connectivity index (χ1) is 26.2. The van der Waals surface area contributed by atoms with Gasteiger partial charge in [-0.2, -0.15) is 39.1 Å². The summed E-state index contributed by atoms with van der Waals surface area (Å²) in [5.74, 6) is -0.179. The Morgan fingerprint density at radius 2 is 1.04 bits per heavy atom. The van der Waals surface area contributed by atoms with Crippen molar-refractivity contribution < 1.29 is 19.1 Å². The molecule has 7 heterocycles. The van der Waals surface area contributed by atoms with Gasteiger partial charge in [0.1, 0.15) is 17.5 Å². The number of nitrogens with zero attached hydrogens (tertiary/aromatic N) is 18. The van der Waals surface area contributed by atoms with E-state index in [4.69, 9.17) is 20.9 Å². The standard InChI is InChI=1S/C30H26N20O4/c1-15-23(41-43-27-17(29(51)53-3)10-39-49(27)21-12-33-5-7-35-21)25(31)47(45-15)19-9-20(38-14-37-19)48-26(32)24(16(2)46-48)42-44-28-18(30(52)54-4)11-40-50(28)22-13-34-6-8-36-22/h5-14H,31-32H2,1-4H3/b43-41+,44-42+. The van der Waals surface area contributed by atoms with Gasteiger partial charge in [-0.05, 0) is 13.8 Å². The lowest BCUT2D eigenvalue weighted by atomic mass is 10.3. The second-order valence-electron chi connectivity index (χ2n) is 10.8. The highest BCUT2D eigenvalue weighted by Crippen LogP contribution is 2.34. The molecule has 0 radical (unpaired) electrons. The van der Waals surface area contributed by atoms with Crippen molar-refractivity contribution in [3.05, 3.63) is 84.5 Å². The number of carbonyl (C=O) groups is 2. The molecule has 7 rings (SSSR count). The smallest absolute Gasteiger partial charge is 0.343 e. The fraction of sp³-hybridized carbons (Fsp3) is 0.133. The third kappa shape index (κ3) is 6.20. The first-order valence-electron chi connectivity index (χ1n) is 15.4. The fourth-order valence-corrected chi connectivity index (χ4v) is 4.95. The number of nitrogen functional groups attached to an aromatic ring is 2. The molecule has 0 unspecified atom stereocenters. The largest absolute Gasteiger partial charge is 0.465 e. The van der Waals surface area contributed by atoms with E-state index in [2.05, 4.69) is 70.8 Å². The number of methoxy groups -OCH3 is 2. The van der Waals surface area contributed by atoms with Crippen molar-refractivity contribution in [2.45, 2.75) is 13.8 Å². The highest BCUT2D eigenvalue weighted by molar-refractivity contribution is 5.94. The molecule has 0 aliphatic carbocycles. The number of hydrogen-bond donors (Lipinski definition) is 2. The molecule has 0 saturated carbocycles. The van der Waals surface area contributed by atoms with Crippen LogP contribution >= 0.6 is 0 Å². The third-order valence-corrected chi connectivity index (χ3v) is 7.52. The molecule has 7 aromatic rings. The molecule has 7 aromatic heterocycles. The molecule has 0 fully saturated rings. The summed E-state index contributed by atoms with van der Waals surface area (Å²) in [5, 5.41) is 34.6. The summed E-state index contributed by atoms with van der Waals surface area (Å²) in [7, 11) is 2.46. The molecule has 0 aliphatic heterocycles. The molecule has 4 N–H and O–H groups in total. The van der Waals surface area contributed by atoms with Gasteiger partial charge in [0.05, 0.1) is 50.4 Å². The van der Waals surface area contributed by atoms with Crippen molar-refractivity contribution in [3.63, 3.8) is 0 Å². The van der Waals surface area contributed by atoms with Crippen molar-refractivity contribution in [2.75, 3.05) is 25.7 Å². The SMILES string of the molecule is COC(=O)c1cnn(-c2cnccn2)c1/N=N/c1c(C)nn(-c2cc(-n3nc(C)c(/N=N/c4c(C(=O)OC)cnn4-c4cnccn4)c3N)ncn2)c1N. The van der Waals surface area contributed by atoms with Crippen molar-refractivity contribution >= 4 is 46.6 Å². The maximum absolute atomic E-state index is 12.5. The summed E-state index contributed by atoms with van der Waals surface area (Å²) in [6, 6.07) is 1.53. The Balaban J connectivity index is 1.21. The van der Waals surface area contributed by atoms with Gasteiger partial charge in [0.2, 0.25) is 0 Å². The van der Waals surface area contributed by atoms with Gasteiger partial charge in [0.15, 0.2) is 57.9 Å². The number of ether oxygens (including phenoxy) is 2. The first-order valence-corrected chi connectivity index (χ1v) is 15.4. The minimum atomic E-state index is -0.689. The molecular weight excluding hydrogens is 704 g/mol. The summed E-state index contributed by atoms with van der Waals surface area (Å²) in [4.78, 5) is 50.1. The predicted octanol–water partition coefficient (Wildman–Crippen LogP) is 2.98. The van der Waals surface area contributed by atoms with E-state index in [1.54, 1.807) is 13.8 Å². The van der Waals surface area contributed by atoms with Crippen LogP contribution in [0.1, 0.15) is 32.1 Å². The molecule has 24 nitrogen and oxygen atoms in total. The second kappa shape index (κ2) is 14.2. The molecule has 0 atom stereocenters. The van der Waals surface area contributed by atoms with Crippen LogP contribution in [0.4, 0.5) is 34.6 Å². The number of azo groups is 2. The minimum Gasteiger partial charge on any atom is -0.465 e. The number of rotatable bonds is 10. The molecule has 0 amide bonds. The zero-order valence-corrected chi connectivity index (χ0v) is 28.6. The number of carbonyl (C=O) groups excluding carboxylic acids is 2. The monoisotopic (exact) mass is 730 g/mol. The van der Waals surface area contributed by atoms with Gasteiger partial charge in [-0.3, -0.25) is 9.97 Å². The number of hydrogen-bond acceptors (Lipinski definition) is 20. The van der Waals surface area contributed by atoms with E-state index in [0.717, 1.165) is 0 Å². The van der Waals surface area contributed by atoms with E-state index in [1.165, 1.54) is 94.9 Å². The van der Waals surface area contributed by atoms with E-state index >= 15 is 0 Å². The van der Waals surface area contributed by atoms with Gasteiger partial charge in [-0.1, -0.05) is 0 Å². The van der Waals surface area contributed by atoms with Crippen LogP contribution in [0.15, 0.2) is 82.4 Å². The van der Waals surface area contributed by atoms with Gasteiger partial charge in [-0.25, -0.2) is 29.5 Å². The number of anilines is 2. The Kier molecular flexibility index (Phi) is 9.02. The van der Waals surface area contributed by atoms with Crippen LogP contribution in [0.25, 0.3) is 23.3 Å². The summed E-state index contributed by atoms with van der Waals surface area (Å²) in [6.45, 7) is 3.33. The second-order valence-corrected chi connectivity index (χ2v) is 10.8. The van der Waals surface area contributed by atoms with Crippen molar-refractivity contribution in [1.29, 1.82) is 0 Å². The average molecular weight is 731 g/mol. The van der Waals surface area contributed by atoms with Crippen LogP contribution in [0, 0.1) is 13.8 Å². The highest BCUT2D eigenvalue weighted by Gasteiger charge is 2.24. The lowest BCUT2D eigenvalue weighted by Gasteiger charge is -2.07. The topological polar surface area (TPSA) is 303 Å². The Morgan fingerprint density at radius 1 is 0.593 bits per heavy atom. The Bertz CT molecular complexity index is 2400. The van der Waals surface area contributed by atoms with Crippen LogP contribution in [-0.2, 0) is 9.47 Å². The van der Waals surface area contributed by atoms with Crippen LogP contribution in [0.2, 0.25) is 0 Å². The van der Waals surface area contributed by atoms with Gasteiger partial charge in [0.25, 0.3) is 0 Å². The fourth-order valence-electron chi connectivity index (χ4n) is 4.95. The van der Waals surface area contributed by atoms with E-state index in [-0.39, 0.29) is 69.0 Å². The van der Waals surface area contributed by atoms with Crippen LogP contribution in [-0.4, -0.2) is 95.2 Å². The lowest BCUT2D eigenvalue weighted by Crippen LogP contribution is -2.09. The predicted molar refractivity (Wildman–Crippen MR) is 184 cm³/mol. The molecule has 0 spiro atoms. The van der Waals surface area contributed by atoms with Crippen molar-refractivity contribution in [2.24, 2.45) is 20.5 Å². The van der Waals surface area contributed by atoms with Crippen LogP contribution < -0.4 is 11.5 Å². The molecule has 24 heteroatoms. The minimum absolute atomic E-state index is 0.0235. The Hall–Kier alpha value is -8.18. The molecule has 0 aromatic carbocycles. The first kappa shape index (κ1) is 34.3. The quantitative estimate of drug-likeness (QED) is 0.151. The summed E-state index contributed by atoms with van der Waals surface area (Å²) in [6.07, 6.45) is 12.6. The summed E-state index contributed by atoms with van der Waals surface area (Å²) in [5.41, 5.74) is 14.2. The van der Waals surface area contributed by atoms with Crippen molar-refractivity contribution in [3.8, 4) is 23.3 Å². The molecule has 0 bridgehead atoms. The Labute approximate surface area is 302 Å². The van der Waals surface area contributed by atoms with Crippen LogP contribution in [0.5, 0.6) is 0 Å². The van der Waals surface area contributed by atoms with E-state index in [9.17, 15) is 9.59 Å². The number of esters is 2. The maximum Gasteiger partial charge on any atom is 0.343 e. The van der Waals surface area contributed by atoms with Gasteiger partial charge in [0, 0.05) is 30.9 Å². The number of aromatic nitrogens is 14. The summed E-state index contributed by atoms with van der Waals surface area (Å²) >= 11 is 0. The zero-order valence-electron chi connectivity index (χ0n) is 28.6. The lowest BCUT2D eigenvalue weighted by molar-refractivity contribution is 0.0592. The molecule has 0 saturated heterocycles. The van der Waals surface area contributed by atoms with E-state index < -0.39 is 11.9 Å². The molecule has 0 aliphatic rings. The molecule has 54 heavy (non-hydrogen) atoms. The highest BCUT2D eigenvalue weighted by atomic mass is 16.5. The Morgan fingerprint density at radius 3 is 1.43 bits per heavy atom. The normalized spacial score (nSPS) is 11.5. The van der Waals surface area contributed by atoms with E-state index in [0.29, 0.717) is 11.4 Å². The number of aryl methyl sites for hydroxylation is 2. The zero-order chi connectivity index (χ0) is 37.9. The average Bonchev–Trinajstić information content (AvgIpc) is 3.96. The molecular formula is C30H26N20O4. The van der Waals surface area contributed by atoms with E-state index in [1.807, 2.05) is 0 Å².